The van der Waals surface area contributed by atoms with Crippen molar-refractivity contribution in [1.29, 1.82) is 0 Å². The Bertz CT molecular complexity index is 920. The van der Waals surface area contributed by atoms with Crippen molar-refractivity contribution >= 4 is 12.1 Å². The summed E-state index contributed by atoms with van der Waals surface area (Å²) in [6.45, 7) is 1.03. The topological polar surface area (TPSA) is 66.8 Å². The maximum atomic E-state index is 12.9. The van der Waals surface area contributed by atoms with Crippen LogP contribution in [0.2, 0.25) is 0 Å². The molecule has 1 amide bonds. The van der Waals surface area contributed by atoms with E-state index in [-0.39, 0.29) is 31.1 Å². The van der Waals surface area contributed by atoms with Gasteiger partial charge in [-0.2, -0.15) is 0 Å². The van der Waals surface area contributed by atoms with E-state index >= 15 is 0 Å². The van der Waals surface area contributed by atoms with Gasteiger partial charge in [0.25, 0.3) is 0 Å². The molecule has 2 fully saturated rings. The second-order valence-corrected chi connectivity index (χ2v) is 8.86. The van der Waals surface area contributed by atoms with Crippen LogP contribution in [-0.4, -0.2) is 41.8 Å². The van der Waals surface area contributed by atoms with Gasteiger partial charge in [0.2, 0.25) is 0 Å². The van der Waals surface area contributed by atoms with Gasteiger partial charge in [0.1, 0.15) is 6.61 Å². The van der Waals surface area contributed by atoms with Gasteiger partial charge < -0.3 is 14.7 Å². The smallest absolute Gasteiger partial charge is 0.409 e. The molecule has 3 aliphatic rings. The summed E-state index contributed by atoms with van der Waals surface area (Å²) in [5.74, 6) is -0.790. The molecule has 5 heteroatoms. The molecule has 30 heavy (non-hydrogen) atoms. The summed E-state index contributed by atoms with van der Waals surface area (Å²) in [7, 11) is 0. The first-order valence-corrected chi connectivity index (χ1v) is 11.0. The van der Waals surface area contributed by atoms with Crippen molar-refractivity contribution in [1.82, 2.24) is 4.90 Å². The Hall–Kier alpha value is -2.82. The van der Waals surface area contributed by atoms with Gasteiger partial charge in [-0.1, -0.05) is 74.2 Å². The van der Waals surface area contributed by atoms with Gasteiger partial charge in [-0.3, -0.25) is 4.79 Å². The Morgan fingerprint density at radius 2 is 1.53 bits per heavy atom. The molecule has 1 saturated heterocycles. The van der Waals surface area contributed by atoms with Crippen LogP contribution in [0.3, 0.4) is 0 Å². The predicted molar refractivity (Wildman–Crippen MR) is 113 cm³/mol. The molecule has 0 aromatic heterocycles. The van der Waals surface area contributed by atoms with Crippen molar-refractivity contribution in [2.24, 2.45) is 17.8 Å². The quantitative estimate of drug-likeness (QED) is 0.797. The minimum Gasteiger partial charge on any atom is -0.481 e. The monoisotopic (exact) mass is 405 g/mol. The van der Waals surface area contributed by atoms with Crippen LogP contribution in [-0.2, 0) is 9.53 Å². The van der Waals surface area contributed by atoms with Crippen molar-refractivity contribution in [3.05, 3.63) is 59.7 Å². The van der Waals surface area contributed by atoms with Gasteiger partial charge in [-0.15, -0.1) is 0 Å². The Morgan fingerprint density at radius 3 is 2.13 bits per heavy atom. The van der Waals surface area contributed by atoms with Crippen LogP contribution in [0.4, 0.5) is 4.79 Å². The van der Waals surface area contributed by atoms with E-state index in [0.29, 0.717) is 12.5 Å². The number of rotatable bonds is 4. The molecular weight excluding hydrogens is 378 g/mol. The van der Waals surface area contributed by atoms with Crippen molar-refractivity contribution < 1.29 is 19.4 Å². The number of carboxylic acids is 1. The zero-order valence-corrected chi connectivity index (χ0v) is 17.0. The molecule has 1 aliphatic heterocycles. The molecule has 5 nitrogen and oxygen atoms in total. The molecule has 0 radical (unpaired) electrons. The van der Waals surface area contributed by atoms with Gasteiger partial charge in [0.05, 0.1) is 5.92 Å². The van der Waals surface area contributed by atoms with E-state index in [1.54, 1.807) is 4.90 Å². The number of aliphatic carboxylic acids is 1. The second-order valence-electron chi connectivity index (χ2n) is 8.86. The number of benzene rings is 2. The summed E-state index contributed by atoms with van der Waals surface area (Å²) < 4.78 is 5.76. The summed E-state index contributed by atoms with van der Waals surface area (Å²) in [5, 5.41) is 9.69. The Balaban J connectivity index is 1.29. The molecule has 5 rings (SSSR count). The standard InChI is InChI=1S/C25H27NO4/c27-24(28)22-14-26(13-21(22)16-7-1-2-8-16)25(29)30-15-23-19-11-5-3-9-17(19)18-10-4-6-12-20(18)23/h3-6,9-12,16,21-23H,1-2,7-8,13-15H2,(H,27,28)/t21-,22+/m0/s1. The van der Waals surface area contributed by atoms with Crippen LogP contribution < -0.4 is 0 Å². The fourth-order valence-electron chi connectivity index (χ4n) is 5.79. The van der Waals surface area contributed by atoms with E-state index in [1.807, 2.05) is 24.3 Å². The summed E-state index contributed by atoms with van der Waals surface area (Å²) in [5.41, 5.74) is 4.76. The summed E-state index contributed by atoms with van der Waals surface area (Å²) >= 11 is 0. The van der Waals surface area contributed by atoms with Crippen molar-refractivity contribution in [3.8, 4) is 11.1 Å². The van der Waals surface area contributed by atoms with Gasteiger partial charge >= 0.3 is 12.1 Å². The van der Waals surface area contributed by atoms with Crippen molar-refractivity contribution in [3.63, 3.8) is 0 Å². The van der Waals surface area contributed by atoms with E-state index in [1.165, 1.54) is 35.1 Å². The lowest BCUT2D eigenvalue weighted by molar-refractivity contribution is -0.143. The maximum Gasteiger partial charge on any atom is 0.409 e. The molecule has 0 bridgehead atoms. The van der Waals surface area contributed by atoms with E-state index in [4.69, 9.17) is 4.74 Å². The minimum absolute atomic E-state index is 0.0184. The van der Waals surface area contributed by atoms with Crippen molar-refractivity contribution in [2.45, 2.75) is 31.6 Å². The molecule has 2 aromatic rings. The van der Waals surface area contributed by atoms with Crippen molar-refractivity contribution in [2.75, 3.05) is 19.7 Å². The fraction of sp³-hybridized carbons (Fsp3) is 0.440. The molecule has 1 N–H and O–H groups in total. The summed E-state index contributed by atoms with van der Waals surface area (Å²) in [6.07, 6.45) is 4.10. The zero-order chi connectivity index (χ0) is 20.7. The molecule has 0 spiro atoms. The Morgan fingerprint density at radius 1 is 0.933 bits per heavy atom. The lowest BCUT2D eigenvalue weighted by Gasteiger charge is -2.22. The van der Waals surface area contributed by atoms with E-state index in [2.05, 4.69) is 24.3 Å². The third-order valence-electron chi connectivity index (χ3n) is 7.28. The first kappa shape index (κ1) is 19.2. The molecule has 156 valence electrons. The highest BCUT2D eigenvalue weighted by Gasteiger charge is 2.44. The number of likely N-dealkylation sites (tertiary alicyclic amines) is 1. The fourth-order valence-corrected chi connectivity index (χ4v) is 5.79. The average Bonchev–Trinajstić information content (AvgIpc) is 3.49. The first-order valence-electron chi connectivity index (χ1n) is 11.0. The lowest BCUT2D eigenvalue weighted by atomic mass is 9.83. The van der Waals surface area contributed by atoms with E-state index < -0.39 is 11.9 Å². The van der Waals surface area contributed by atoms with Crippen LogP contribution in [0.15, 0.2) is 48.5 Å². The van der Waals surface area contributed by atoms with Crippen LogP contribution in [0.1, 0.15) is 42.7 Å². The average molecular weight is 405 g/mol. The lowest BCUT2D eigenvalue weighted by Crippen LogP contribution is -2.31. The molecule has 2 aliphatic carbocycles. The number of carbonyl (C=O) groups excluding carboxylic acids is 1. The van der Waals surface area contributed by atoms with Crippen LogP contribution in [0.5, 0.6) is 0 Å². The zero-order valence-electron chi connectivity index (χ0n) is 17.0. The maximum absolute atomic E-state index is 12.9. The van der Waals surface area contributed by atoms with Crippen LogP contribution in [0.25, 0.3) is 11.1 Å². The normalized spacial score (nSPS) is 23.4. The molecule has 1 heterocycles. The Kier molecular flexibility index (Phi) is 4.97. The number of hydrogen-bond donors (Lipinski definition) is 1. The van der Waals surface area contributed by atoms with Gasteiger partial charge in [-0.25, -0.2) is 4.79 Å². The number of carboxylic acid groups (broad SMARTS) is 1. The van der Waals surface area contributed by atoms with Crippen LogP contribution >= 0.6 is 0 Å². The third kappa shape index (κ3) is 3.26. The second kappa shape index (κ2) is 7.78. The highest BCUT2D eigenvalue weighted by Crippen LogP contribution is 2.45. The van der Waals surface area contributed by atoms with E-state index in [9.17, 15) is 14.7 Å². The number of amides is 1. The van der Waals surface area contributed by atoms with Gasteiger partial charge in [0.15, 0.2) is 0 Å². The molecule has 2 atom stereocenters. The summed E-state index contributed by atoms with van der Waals surface area (Å²) in [6, 6.07) is 16.5. The van der Waals surface area contributed by atoms with Gasteiger partial charge in [-0.05, 0) is 34.1 Å². The highest BCUT2D eigenvalue weighted by molar-refractivity contribution is 5.79. The predicted octanol–water partition coefficient (Wildman–Crippen LogP) is 4.76. The molecular formula is C25H27NO4. The SMILES string of the molecule is O=C(O)[C@@H]1CN(C(=O)OCC2c3ccccc3-c3ccccc32)C[C@H]1C1CCCC1. The Labute approximate surface area is 176 Å². The van der Waals surface area contributed by atoms with E-state index in [0.717, 1.165) is 12.8 Å². The highest BCUT2D eigenvalue weighted by atomic mass is 16.6. The number of carbonyl (C=O) groups is 2. The van der Waals surface area contributed by atoms with Gasteiger partial charge in [0, 0.05) is 19.0 Å². The number of hydrogen-bond acceptors (Lipinski definition) is 3. The first-order chi connectivity index (χ1) is 14.6. The molecule has 2 aromatic carbocycles. The third-order valence-corrected chi connectivity index (χ3v) is 7.28. The molecule has 0 unspecified atom stereocenters. The molecule has 1 saturated carbocycles. The minimum atomic E-state index is -0.791. The number of fused-ring (bicyclic) bond motifs is 3. The summed E-state index contributed by atoms with van der Waals surface area (Å²) in [4.78, 5) is 26.3. The van der Waals surface area contributed by atoms with Crippen LogP contribution in [0, 0.1) is 17.8 Å². The largest absolute Gasteiger partial charge is 0.481 e. The number of nitrogens with zero attached hydrogens (tertiary/aromatic N) is 1. The number of ether oxygens (including phenoxy) is 1.